The molecule has 0 radical (unpaired) electrons. The van der Waals surface area contributed by atoms with Gasteiger partial charge in [-0.05, 0) is 31.4 Å². The lowest BCUT2D eigenvalue weighted by Crippen LogP contribution is -2.13. The van der Waals surface area contributed by atoms with Crippen LogP contribution in [0.4, 0.5) is 5.69 Å². The first kappa shape index (κ1) is 12.4. The van der Waals surface area contributed by atoms with E-state index in [0.717, 1.165) is 31.5 Å². The number of amides is 1. The number of anilines is 1. The normalized spacial score (nSPS) is 10.1. The van der Waals surface area contributed by atoms with Gasteiger partial charge >= 0.3 is 0 Å². The first-order valence-electron chi connectivity index (χ1n) is 5.34. The fourth-order valence-corrected chi connectivity index (χ4v) is 1.32. The lowest BCUT2D eigenvalue weighted by atomic mass is 10.2. The van der Waals surface area contributed by atoms with E-state index in [-0.39, 0.29) is 12.3 Å². The Morgan fingerprint density at radius 2 is 2.25 bits per heavy atom. The van der Waals surface area contributed by atoms with E-state index >= 15 is 0 Å². The van der Waals surface area contributed by atoms with Gasteiger partial charge in [-0.2, -0.15) is 0 Å². The fraction of sp³-hybridized carbons (Fsp3) is 0.455. The van der Waals surface area contributed by atoms with Crippen LogP contribution in [0.15, 0.2) is 18.3 Å². The number of hydrogen-bond acceptors (Lipinski definition) is 4. The molecule has 0 aliphatic heterocycles. The van der Waals surface area contributed by atoms with Crippen LogP contribution in [0.25, 0.3) is 0 Å². The summed E-state index contributed by atoms with van der Waals surface area (Å²) in [6.45, 7) is 1.04. The predicted molar refractivity (Wildman–Crippen MR) is 62.2 cm³/mol. The van der Waals surface area contributed by atoms with Gasteiger partial charge in [0.1, 0.15) is 5.69 Å². The Morgan fingerprint density at radius 3 is 2.94 bits per heavy atom. The second kappa shape index (κ2) is 6.79. The molecule has 1 amide bonds. The molecule has 0 spiro atoms. The van der Waals surface area contributed by atoms with Gasteiger partial charge in [-0.25, -0.2) is 0 Å². The number of nitrogens with zero attached hydrogens (tertiary/aromatic N) is 1. The fourth-order valence-electron chi connectivity index (χ4n) is 1.32. The van der Waals surface area contributed by atoms with E-state index < -0.39 is 5.91 Å². The SMILES string of the molecule is NC(=O)c1cc(NCCCCCO)ccn1. The summed E-state index contributed by atoms with van der Waals surface area (Å²) in [6.07, 6.45) is 4.34. The van der Waals surface area contributed by atoms with Gasteiger partial charge in [0.15, 0.2) is 0 Å². The minimum absolute atomic E-state index is 0.237. The molecule has 0 aromatic carbocycles. The molecule has 0 aliphatic carbocycles. The van der Waals surface area contributed by atoms with Crippen LogP contribution in [0, 0.1) is 0 Å². The highest BCUT2D eigenvalue weighted by Gasteiger charge is 2.01. The number of nitrogens with two attached hydrogens (primary N) is 1. The Morgan fingerprint density at radius 1 is 1.44 bits per heavy atom. The third-order valence-corrected chi connectivity index (χ3v) is 2.18. The molecule has 5 nitrogen and oxygen atoms in total. The zero-order chi connectivity index (χ0) is 11.8. The highest BCUT2D eigenvalue weighted by Crippen LogP contribution is 2.07. The zero-order valence-electron chi connectivity index (χ0n) is 9.15. The van der Waals surface area contributed by atoms with E-state index in [2.05, 4.69) is 10.3 Å². The van der Waals surface area contributed by atoms with E-state index in [4.69, 9.17) is 10.8 Å². The summed E-state index contributed by atoms with van der Waals surface area (Å²) in [5, 5.41) is 11.8. The molecule has 1 aromatic rings. The molecule has 5 heteroatoms. The van der Waals surface area contributed by atoms with Crippen molar-refractivity contribution in [3.63, 3.8) is 0 Å². The van der Waals surface area contributed by atoms with Crippen LogP contribution in [0.3, 0.4) is 0 Å². The second-order valence-electron chi connectivity index (χ2n) is 3.51. The molecule has 0 aliphatic rings. The van der Waals surface area contributed by atoms with Gasteiger partial charge < -0.3 is 16.2 Å². The summed E-state index contributed by atoms with van der Waals surface area (Å²) < 4.78 is 0. The van der Waals surface area contributed by atoms with Gasteiger partial charge in [-0.15, -0.1) is 0 Å². The number of unbranched alkanes of at least 4 members (excludes halogenated alkanes) is 2. The van der Waals surface area contributed by atoms with E-state index in [9.17, 15) is 4.79 Å². The molecule has 1 aromatic heterocycles. The lowest BCUT2D eigenvalue weighted by molar-refractivity contribution is 0.0995. The summed E-state index contributed by atoms with van der Waals surface area (Å²) in [7, 11) is 0. The minimum atomic E-state index is -0.524. The average molecular weight is 223 g/mol. The number of primary amides is 1. The maximum absolute atomic E-state index is 10.9. The number of hydrogen-bond donors (Lipinski definition) is 3. The van der Waals surface area contributed by atoms with Gasteiger partial charge in [0.05, 0.1) is 0 Å². The van der Waals surface area contributed by atoms with Crippen molar-refractivity contribution in [2.24, 2.45) is 5.73 Å². The topological polar surface area (TPSA) is 88.2 Å². The summed E-state index contributed by atoms with van der Waals surface area (Å²) >= 11 is 0. The van der Waals surface area contributed by atoms with Crippen molar-refractivity contribution in [3.05, 3.63) is 24.0 Å². The molecule has 1 heterocycles. The predicted octanol–water partition coefficient (Wildman–Crippen LogP) is 0.755. The first-order chi connectivity index (χ1) is 7.74. The molecule has 0 bridgehead atoms. The largest absolute Gasteiger partial charge is 0.396 e. The molecule has 0 atom stereocenters. The Balaban J connectivity index is 2.36. The van der Waals surface area contributed by atoms with Crippen molar-refractivity contribution < 1.29 is 9.90 Å². The third kappa shape index (κ3) is 4.27. The smallest absolute Gasteiger partial charge is 0.267 e. The van der Waals surface area contributed by atoms with Gasteiger partial charge in [-0.3, -0.25) is 9.78 Å². The van der Waals surface area contributed by atoms with Crippen LogP contribution in [-0.2, 0) is 0 Å². The Kier molecular flexibility index (Phi) is 5.28. The standard InChI is InChI=1S/C11H17N3O2/c12-11(16)10-8-9(4-6-14-10)13-5-2-1-3-7-15/h4,6,8,15H,1-3,5,7H2,(H2,12,16)(H,13,14). The van der Waals surface area contributed by atoms with Crippen LogP contribution in [0.5, 0.6) is 0 Å². The van der Waals surface area contributed by atoms with Gasteiger partial charge in [0.25, 0.3) is 5.91 Å². The molecule has 0 unspecified atom stereocenters. The van der Waals surface area contributed by atoms with Crippen molar-refractivity contribution >= 4 is 11.6 Å². The molecule has 0 fully saturated rings. The highest BCUT2D eigenvalue weighted by molar-refractivity contribution is 5.91. The number of rotatable bonds is 7. The van der Waals surface area contributed by atoms with E-state index in [1.165, 1.54) is 0 Å². The van der Waals surface area contributed by atoms with Crippen molar-refractivity contribution in [2.45, 2.75) is 19.3 Å². The van der Waals surface area contributed by atoms with Gasteiger partial charge in [0.2, 0.25) is 0 Å². The van der Waals surface area contributed by atoms with Crippen molar-refractivity contribution in [1.82, 2.24) is 4.98 Å². The van der Waals surface area contributed by atoms with Crippen LogP contribution in [0.1, 0.15) is 29.8 Å². The number of pyridine rings is 1. The van der Waals surface area contributed by atoms with Crippen LogP contribution < -0.4 is 11.1 Å². The molecule has 88 valence electrons. The molecular weight excluding hydrogens is 206 g/mol. The molecule has 1 rings (SSSR count). The number of aliphatic hydroxyl groups excluding tert-OH is 1. The lowest BCUT2D eigenvalue weighted by Gasteiger charge is -2.06. The Labute approximate surface area is 94.7 Å². The second-order valence-corrected chi connectivity index (χ2v) is 3.51. The third-order valence-electron chi connectivity index (χ3n) is 2.18. The Hall–Kier alpha value is -1.62. The molecule has 4 N–H and O–H groups in total. The van der Waals surface area contributed by atoms with Gasteiger partial charge in [-0.1, -0.05) is 0 Å². The number of carbonyl (C=O) groups is 1. The summed E-state index contributed by atoms with van der Waals surface area (Å²) in [6, 6.07) is 3.42. The van der Waals surface area contributed by atoms with Gasteiger partial charge in [0, 0.05) is 25.0 Å². The van der Waals surface area contributed by atoms with Crippen molar-refractivity contribution in [1.29, 1.82) is 0 Å². The van der Waals surface area contributed by atoms with Crippen LogP contribution in [0.2, 0.25) is 0 Å². The first-order valence-corrected chi connectivity index (χ1v) is 5.34. The van der Waals surface area contributed by atoms with E-state index in [0.29, 0.717) is 0 Å². The highest BCUT2D eigenvalue weighted by atomic mass is 16.2. The molecule has 0 saturated heterocycles. The van der Waals surface area contributed by atoms with E-state index in [1.807, 2.05) is 0 Å². The van der Waals surface area contributed by atoms with Crippen LogP contribution >= 0.6 is 0 Å². The summed E-state index contributed by atoms with van der Waals surface area (Å²) in [4.78, 5) is 14.7. The number of aromatic nitrogens is 1. The average Bonchev–Trinajstić information content (AvgIpc) is 2.29. The minimum Gasteiger partial charge on any atom is -0.396 e. The maximum Gasteiger partial charge on any atom is 0.267 e. The quantitative estimate of drug-likeness (QED) is 0.595. The Bertz CT molecular complexity index is 342. The van der Waals surface area contributed by atoms with Crippen molar-refractivity contribution in [2.75, 3.05) is 18.5 Å². The number of aliphatic hydroxyl groups is 1. The summed E-state index contributed by atoms with van der Waals surface area (Å²) in [5.41, 5.74) is 6.22. The number of nitrogens with one attached hydrogen (secondary N) is 1. The molecule has 0 saturated carbocycles. The maximum atomic E-state index is 10.9. The zero-order valence-corrected chi connectivity index (χ0v) is 9.15. The van der Waals surface area contributed by atoms with E-state index in [1.54, 1.807) is 18.3 Å². The van der Waals surface area contributed by atoms with Crippen LogP contribution in [-0.4, -0.2) is 29.1 Å². The monoisotopic (exact) mass is 223 g/mol. The number of carbonyl (C=O) groups excluding carboxylic acids is 1. The summed E-state index contributed by atoms with van der Waals surface area (Å²) in [5.74, 6) is -0.524. The molecule has 16 heavy (non-hydrogen) atoms. The van der Waals surface area contributed by atoms with Crippen molar-refractivity contribution in [3.8, 4) is 0 Å². The molecular formula is C11H17N3O2.